The van der Waals surface area contributed by atoms with E-state index in [-0.39, 0.29) is 29.7 Å². The molecule has 3 rings (SSSR count). The van der Waals surface area contributed by atoms with Crippen LogP contribution in [-0.4, -0.2) is 46.3 Å². The Hall–Kier alpha value is -2.71. The lowest BCUT2D eigenvalue weighted by Crippen LogP contribution is -2.40. The van der Waals surface area contributed by atoms with Crippen molar-refractivity contribution < 1.29 is 32.6 Å². The molecule has 1 aromatic carbocycles. The fraction of sp³-hybridized carbons (Fsp3) is 0.444. The average molecular weight is 384 g/mol. The molecule has 0 saturated carbocycles. The third kappa shape index (κ3) is 4.93. The monoisotopic (exact) mass is 384 g/mol. The van der Waals surface area contributed by atoms with Crippen LogP contribution in [0.2, 0.25) is 0 Å². The number of rotatable bonds is 5. The van der Waals surface area contributed by atoms with Crippen molar-refractivity contribution in [3.8, 4) is 5.75 Å². The molecule has 146 valence electrons. The summed E-state index contributed by atoms with van der Waals surface area (Å²) in [4.78, 5) is 28.0. The molecule has 1 saturated heterocycles. The van der Waals surface area contributed by atoms with Crippen LogP contribution < -0.4 is 4.74 Å². The minimum absolute atomic E-state index is 0.0705. The van der Waals surface area contributed by atoms with E-state index in [0.717, 1.165) is 12.8 Å². The number of nitrogens with zero attached hydrogens (tertiary/aromatic N) is 1. The first kappa shape index (κ1) is 19.1. The van der Waals surface area contributed by atoms with Crippen molar-refractivity contribution in [3.05, 3.63) is 30.0 Å². The Morgan fingerprint density at radius 2 is 2.07 bits per heavy atom. The molecule has 2 heterocycles. The number of piperidine rings is 1. The van der Waals surface area contributed by atoms with Crippen LogP contribution >= 0.6 is 0 Å². The number of halogens is 3. The van der Waals surface area contributed by atoms with Crippen LogP contribution in [-0.2, 0) is 4.79 Å². The standard InChI is InChI=1S/C18H19F3N2O4/c19-18(20,21)27-13-5-4-12-8-15(22-14(12)9-13)17(26)23-7-1-2-11(10-23)3-6-16(24)25/h4-5,8-9,11,22H,1-3,6-7,10H2,(H,24,25)/t11-/m0/s1. The van der Waals surface area contributed by atoms with Gasteiger partial charge in [-0.2, -0.15) is 0 Å². The number of carboxylic acid groups (broad SMARTS) is 1. The van der Waals surface area contributed by atoms with Crippen LogP contribution in [0.25, 0.3) is 10.9 Å². The molecular weight excluding hydrogens is 365 g/mol. The minimum Gasteiger partial charge on any atom is -0.481 e. The Bertz CT molecular complexity index is 847. The van der Waals surface area contributed by atoms with Gasteiger partial charge in [0.1, 0.15) is 11.4 Å². The summed E-state index contributed by atoms with van der Waals surface area (Å²) in [6, 6.07) is 5.44. The number of ether oxygens (including phenoxy) is 1. The molecule has 2 aromatic rings. The van der Waals surface area contributed by atoms with E-state index < -0.39 is 12.3 Å². The number of fused-ring (bicyclic) bond motifs is 1. The van der Waals surface area contributed by atoms with Gasteiger partial charge in [0.25, 0.3) is 5.91 Å². The number of benzene rings is 1. The highest BCUT2D eigenvalue weighted by atomic mass is 19.4. The van der Waals surface area contributed by atoms with Gasteiger partial charge in [0, 0.05) is 36.5 Å². The first-order valence-electron chi connectivity index (χ1n) is 8.61. The second-order valence-electron chi connectivity index (χ2n) is 6.67. The maximum absolute atomic E-state index is 12.7. The summed E-state index contributed by atoms with van der Waals surface area (Å²) in [5.41, 5.74) is 0.660. The SMILES string of the molecule is O=C(O)CC[C@@H]1CCCN(C(=O)c2cc3ccc(OC(F)(F)F)cc3[nH]2)C1. The molecule has 1 fully saturated rings. The number of aliphatic carboxylic acids is 1. The van der Waals surface area contributed by atoms with Crippen LogP contribution in [0, 0.1) is 5.92 Å². The van der Waals surface area contributed by atoms with E-state index in [1.165, 1.54) is 18.2 Å². The second kappa shape index (κ2) is 7.50. The number of aromatic nitrogens is 1. The zero-order valence-electron chi connectivity index (χ0n) is 14.4. The average Bonchev–Trinajstić information content (AvgIpc) is 3.01. The van der Waals surface area contributed by atoms with Gasteiger partial charge in [0.15, 0.2) is 0 Å². The normalized spacial score (nSPS) is 17.9. The number of H-pyrrole nitrogens is 1. The van der Waals surface area contributed by atoms with Crippen molar-refractivity contribution >= 4 is 22.8 Å². The van der Waals surface area contributed by atoms with Gasteiger partial charge >= 0.3 is 12.3 Å². The van der Waals surface area contributed by atoms with Gasteiger partial charge in [-0.25, -0.2) is 0 Å². The van der Waals surface area contributed by atoms with Gasteiger partial charge in [-0.1, -0.05) is 0 Å². The van der Waals surface area contributed by atoms with Crippen molar-refractivity contribution in [3.63, 3.8) is 0 Å². The van der Waals surface area contributed by atoms with Crippen molar-refractivity contribution in [1.29, 1.82) is 0 Å². The highest BCUT2D eigenvalue weighted by molar-refractivity contribution is 5.98. The van der Waals surface area contributed by atoms with E-state index in [2.05, 4.69) is 9.72 Å². The Labute approximate surface area is 152 Å². The maximum atomic E-state index is 12.7. The van der Waals surface area contributed by atoms with E-state index in [1.807, 2.05) is 0 Å². The second-order valence-corrected chi connectivity index (χ2v) is 6.67. The number of carboxylic acids is 1. The molecule has 0 bridgehead atoms. The third-order valence-electron chi connectivity index (χ3n) is 4.63. The number of carbonyl (C=O) groups is 2. The number of aromatic amines is 1. The smallest absolute Gasteiger partial charge is 0.481 e. The van der Waals surface area contributed by atoms with Gasteiger partial charge in [-0.15, -0.1) is 13.2 Å². The molecule has 0 spiro atoms. The lowest BCUT2D eigenvalue weighted by Gasteiger charge is -2.32. The number of hydrogen-bond acceptors (Lipinski definition) is 3. The summed E-state index contributed by atoms with van der Waals surface area (Å²) in [6.45, 7) is 1.05. The quantitative estimate of drug-likeness (QED) is 0.822. The molecule has 27 heavy (non-hydrogen) atoms. The summed E-state index contributed by atoms with van der Waals surface area (Å²) in [5.74, 6) is -1.33. The van der Waals surface area contributed by atoms with E-state index in [0.29, 0.717) is 30.4 Å². The molecule has 9 heteroatoms. The first-order chi connectivity index (χ1) is 12.7. The lowest BCUT2D eigenvalue weighted by molar-refractivity contribution is -0.274. The molecule has 0 unspecified atom stereocenters. The lowest BCUT2D eigenvalue weighted by atomic mass is 9.93. The number of nitrogens with one attached hydrogen (secondary N) is 1. The summed E-state index contributed by atoms with van der Waals surface area (Å²) in [5, 5.41) is 9.41. The third-order valence-corrected chi connectivity index (χ3v) is 4.63. The molecule has 1 aliphatic rings. The van der Waals surface area contributed by atoms with Crippen molar-refractivity contribution in [2.45, 2.75) is 32.0 Å². The van der Waals surface area contributed by atoms with Gasteiger partial charge in [-0.3, -0.25) is 9.59 Å². The molecule has 0 radical (unpaired) electrons. The van der Waals surface area contributed by atoms with Crippen LogP contribution in [0.3, 0.4) is 0 Å². The predicted molar refractivity (Wildman–Crippen MR) is 90.5 cm³/mol. The Morgan fingerprint density at radius 1 is 1.30 bits per heavy atom. The molecular formula is C18H19F3N2O4. The van der Waals surface area contributed by atoms with Crippen molar-refractivity contribution in [1.82, 2.24) is 9.88 Å². The Morgan fingerprint density at radius 3 is 2.78 bits per heavy atom. The fourth-order valence-electron chi connectivity index (χ4n) is 3.40. The van der Waals surface area contributed by atoms with Gasteiger partial charge in [-0.05, 0) is 43.4 Å². The van der Waals surface area contributed by atoms with Crippen LogP contribution in [0.5, 0.6) is 5.75 Å². The molecule has 0 aliphatic carbocycles. The zero-order chi connectivity index (χ0) is 19.6. The molecule has 1 amide bonds. The number of likely N-dealkylation sites (tertiary alicyclic amines) is 1. The van der Waals surface area contributed by atoms with E-state index in [9.17, 15) is 22.8 Å². The van der Waals surface area contributed by atoms with Gasteiger partial charge < -0.3 is 19.7 Å². The molecule has 1 aromatic heterocycles. The van der Waals surface area contributed by atoms with E-state index >= 15 is 0 Å². The van der Waals surface area contributed by atoms with Crippen molar-refractivity contribution in [2.75, 3.05) is 13.1 Å². The Balaban J connectivity index is 1.72. The topological polar surface area (TPSA) is 82.6 Å². The highest BCUT2D eigenvalue weighted by Crippen LogP contribution is 2.28. The maximum Gasteiger partial charge on any atom is 0.573 e. The van der Waals surface area contributed by atoms with E-state index in [4.69, 9.17) is 5.11 Å². The van der Waals surface area contributed by atoms with Crippen molar-refractivity contribution in [2.24, 2.45) is 5.92 Å². The molecule has 1 atom stereocenters. The zero-order valence-corrected chi connectivity index (χ0v) is 14.4. The van der Waals surface area contributed by atoms with Crippen LogP contribution in [0.15, 0.2) is 24.3 Å². The molecule has 2 N–H and O–H groups in total. The fourth-order valence-corrected chi connectivity index (χ4v) is 3.40. The van der Waals surface area contributed by atoms with Gasteiger partial charge in [0.2, 0.25) is 0 Å². The Kier molecular flexibility index (Phi) is 5.29. The number of amides is 1. The predicted octanol–water partition coefficient (Wildman–Crippen LogP) is 3.78. The summed E-state index contributed by atoms with van der Waals surface area (Å²) in [7, 11) is 0. The number of hydrogen-bond donors (Lipinski definition) is 2. The van der Waals surface area contributed by atoms with Crippen LogP contribution in [0.1, 0.15) is 36.2 Å². The first-order valence-corrected chi connectivity index (χ1v) is 8.61. The minimum atomic E-state index is -4.78. The summed E-state index contributed by atoms with van der Waals surface area (Å²) < 4.78 is 40.9. The largest absolute Gasteiger partial charge is 0.573 e. The highest BCUT2D eigenvalue weighted by Gasteiger charge is 2.31. The summed E-state index contributed by atoms with van der Waals surface area (Å²) in [6.07, 6.45) is -2.52. The van der Waals surface area contributed by atoms with E-state index in [1.54, 1.807) is 11.0 Å². The van der Waals surface area contributed by atoms with Crippen LogP contribution in [0.4, 0.5) is 13.2 Å². The van der Waals surface area contributed by atoms with Gasteiger partial charge in [0.05, 0.1) is 0 Å². The summed E-state index contributed by atoms with van der Waals surface area (Å²) >= 11 is 0. The number of carbonyl (C=O) groups excluding carboxylic acids is 1. The molecule has 6 nitrogen and oxygen atoms in total. The number of alkyl halides is 3. The molecule has 1 aliphatic heterocycles.